The van der Waals surface area contributed by atoms with E-state index in [9.17, 15) is 9.59 Å². The van der Waals surface area contributed by atoms with Gasteiger partial charge in [0.2, 0.25) is 5.91 Å². The fourth-order valence-electron chi connectivity index (χ4n) is 1.67. The molecule has 1 amide bonds. The van der Waals surface area contributed by atoms with Gasteiger partial charge in [0, 0.05) is 25.0 Å². The summed E-state index contributed by atoms with van der Waals surface area (Å²) in [6, 6.07) is 3.38. The van der Waals surface area contributed by atoms with Crippen molar-refractivity contribution in [2.24, 2.45) is 0 Å². The number of hydrogen-bond donors (Lipinski definition) is 2. The van der Waals surface area contributed by atoms with Gasteiger partial charge in [-0.05, 0) is 31.5 Å². The number of nitrogens with one attached hydrogen (secondary N) is 1. The molecule has 0 fully saturated rings. The molecule has 0 aliphatic carbocycles. The van der Waals surface area contributed by atoms with Crippen molar-refractivity contribution >= 4 is 23.3 Å². The highest BCUT2D eigenvalue weighted by molar-refractivity contribution is 5.97. The van der Waals surface area contributed by atoms with Crippen LogP contribution >= 0.6 is 0 Å². The van der Waals surface area contributed by atoms with Crippen molar-refractivity contribution < 1.29 is 14.3 Å². The Morgan fingerprint density at radius 1 is 1.40 bits per heavy atom. The highest BCUT2D eigenvalue weighted by Gasteiger charge is 2.14. The third-order valence-electron chi connectivity index (χ3n) is 3.14. The molecule has 20 heavy (non-hydrogen) atoms. The number of ether oxygens (including phenoxy) is 1. The lowest BCUT2D eigenvalue weighted by molar-refractivity contribution is -0.127. The van der Waals surface area contributed by atoms with E-state index in [0.717, 1.165) is 5.56 Å². The van der Waals surface area contributed by atoms with Crippen molar-refractivity contribution in [1.82, 2.24) is 4.90 Å². The van der Waals surface area contributed by atoms with Crippen LogP contribution in [0.15, 0.2) is 12.1 Å². The van der Waals surface area contributed by atoms with E-state index in [4.69, 9.17) is 5.73 Å². The second-order valence-electron chi connectivity index (χ2n) is 4.51. The number of aryl methyl sites for hydroxylation is 1. The lowest BCUT2D eigenvalue weighted by atomic mass is 10.1. The van der Waals surface area contributed by atoms with Gasteiger partial charge >= 0.3 is 5.97 Å². The van der Waals surface area contributed by atoms with Crippen LogP contribution in [0.4, 0.5) is 11.4 Å². The summed E-state index contributed by atoms with van der Waals surface area (Å²) in [5, 5.41) is 2.99. The standard InChI is InChI=1S/C14H21N3O3/c1-5-17(3)12(18)8-16-10-6-9(2)13(15)11(7-10)14(19)20-4/h6-7,16H,5,8,15H2,1-4H3. The maximum atomic E-state index is 11.7. The molecule has 0 unspecified atom stereocenters. The molecule has 1 aromatic carbocycles. The Labute approximate surface area is 118 Å². The molecule has 0 saturated heterocycles. The Bertz CT molecular complexity index is 515. The fraction of sp³-hybridized carbons (Fsp3) is 0.429. The van der Waals surface area contributed by atoms with Crippen LogP contribution in [-0.4, -0.2) is 44.0 Å². The molecule has 0 saturated carbocycles. The van der Waals surface area contributed by atoms with Crippen molar-refractivity contribution in [3.8, 4) is 0 Å². The summed E-state index contributed by atoms with van der Waals surface area (Å²) < 4.78 is 4.69. The minimum absolute atomic E-state index is 0.0263. The minimum Gasteiger partial charge on any atom is -0.465 e. The smallest absolute Gasteiger partial charge is 0.340 e. The predicted molar refractivity (Wildman–Crippen MR) is 78.7 cm³/mol. The van der Waals surface area contributed by atoms with Gasteiger partial charge in [-0.1, -0.05) is 0 Å². The number of benzene rings is 1. The first kappa shape index (κ1) is 15.8. The molecule has 0 atom stereocenters. The molecular weight excluding hydrogens is 258 g/mol. The van der Waals surface area contributed by atoms with E-state index in [1.807, 2.05) is 6.92 Å². The number of hydrogen-bond acceptors (Lipinski definition) is 5. The fourth-order valence-corrected chi connectivity index (χ4v) is 1.67. The van der Waals surface area contributed by atoms with E-state index >= 15 is 0 Å². The van der Waals surface area contributed by atoms with Gasteiger partial charge < -0.3 is 20.7 Å². The van der Waals surface area contributed by atoms with Crippen molar-refractivity contribution in [1.29, 1.82) is 0 Å². The molecule has 0 aliphatic rings. The average molecular weight is 279 g/mol. The zero-order valence-electron chi connectivity index (χ0n) is 12.3. The molecule has 0 radical (unpaired) electrons. The summed E-state index contributed by atoms with van der Waals surface area (Å²) in [6.45, 7) is 4.51. The second-order valence-corrected chi connectivity index (χ2v) is 4.51. The lowest BCUT2D eigenvalue weighted by Gasteiger charge is -2.16. The summed E-state index contributed by atoms with van der Waals surface area (Å²) >= 11 is 0. The van der Waals surface area contributed by atoms with Crippen molar-refractivity contribution in [3.05, 3.63) is 23.3 Å². The predicted octanol–water partition coefficient (Wildman–Crippen LogP) is 1.25. The summed E-state index contributed by atoms with van der Waals surface area (Å²) in [5.41, 5.74) is 7.95. The van der Waals surface area contributed by atoms with Gasteiger partial charge in [0.25, 0.3) is 0 Å². The van der Waals surface area contributed by atoms with E-state index in [1.165, 1.54) is 7.11 Å². The quantitative estimate of drug-likeness (QED) is 0.626. The Kier molecular flexibility index (Phi) is 5.37. The lowest BCUT2D eigenvalue weighted by Crippen LogP contribution is -2.31. The number of carbonyl (C=O) groups is 2. The number of rotatable bonds is 5. The van der Waals surface area contributed by atoms with Crippen molar-refractivity contribution in [2.45, 2.75) is 13.8 Å². The van der Waals surface area contributed by atoms with Gasteiger partial charge in [-0.25, -0.2) is 4.79 Å². The number of esters is 1. The number of methoxy groups -OCH3 is 1. The maximum Gasteiger partial charge on any atom is 0.340 e. The number of nitrogens with zero attached hydrogens (tertiary/aromatic N) is 1. The Balaban J connectivity index is 2.89. The van der Waals surface area contributed by atoms with E-state index in [-0.39, 0.29) is 12.5 Å². The summed E-state index contributed by atoms with van der Waals surface area (Å²) in [6.07, 6.45) is 0. The number of carbonyl (C=O) groups excluding carboxylic acids is 2. The molecule has 0 aliphatic heterocycles. The maximum absolute atomic E-state index is 11.7. The van der Waals surface area contributed by atoms with Crippen LogP contribution in [0.2, 0.25) is 0 Å². The van der Waals surface area contributed by atoms with Crippen molar-refractivity contribution in [2.75, 3.05) is 38.3 Å². The SMILES string of the molecule is CCN(C)C(=O)CNc1cc(C)c(N)c(C(=O)OC)c1. The molecule has 0 spiro atoms. The Morgan fingerprint density at radius 3 is 2.60 bits per heavy atom. The highest BCUT2D eigenvalue weighted by atomic mass is 16.5. The molecule has 0 aromatic heterocycles. The molecule has 1 rings (SSSR count). The third-order valence-corrected chi connectivity index (χ3v) is 3.14. The number of nitrogens with two attached hydrogens (primary N) is 1. The molecule has 0 heterocycles. The molecule has 0 bridgehead atoms. The zero-order valence-corrected chi connectivity index (χ0v) is 12.3. The van der Waals surface area contributed by atoms with Gasteiger partial charge in [-0.3, -0.25) is 4.79 Å². The third kappa shape index (κ3) is 3.63. The van der Waals surface area contributed by atoms with E-state index < -0.39 is 5.97 Å². The largest absolute Gasteiger partial charge is 0.465 e. The topological polar surface area (TPSA) is 84.7 Å². The normalized spacial score (nSPS) is 10.0. The van der Waals surface area contributed by atoms with Crippen LogP contribution in [-0.2, 0) is 9.53 Å². The Morgan fingerprint density at radius 2 is 2.05 bits per heavy atom. The monoisotopic (exact) mass is 279 g/mol. The summed E-state index contributed by atoms with van der Waals surface area (Å²) in [4.78, 5) is 25.0. The van der Waals surface area contributed by atoms with Gasteiger partial charge in [-0.2, -0.15) is 0 Å². The molecule has 6 heteroatoms. The first-order valence-corrected chi connectivity index (χ1v) is 6.37. The minimum atomic E-state index is -0.494. The van der Waals surface area contributed by atoms with Crippen LogP contribution in [0.1, 0.15) is 22.8 Å². The summed E-state index contributed by atoms with van der Waals surface area (Å²) in [7, 11) is 3.04. The van der Waals surface area contributed by atoms with Crippen molar-refractivity contribution in [3.63, 3.8) is 0 Å². The van der Waals surface area contributed by atoms with Crippen LogP contribution in [0, 0.1) is 6.92 Å². The van der Waals surface area contributed by atoms with Crippen LogP contribution in [0.3, 0.4) is 0 Å². The van der Waals surface area contributed by atoms with E-state index in [1.54, 1.807) is 31.0 Å². The van der Waals surface area contributed by atoms with E-state index in [2.05, 4.69) is 10.1 Å². The van der Waals surface area contributed by atoms with Gasteiger partial charge in [0.1, 0.15) is 0 Å². The zero-order chi connectivity index (χ0) is 15.3. The van der Waals surface area contributed by atoms with Gasteiger partial charge in [-0.15, -0.1) is 0 Å². The number of anilines is 2. The molecule has 110 valence electrons. The molecular formula is C14H21N3O3. The molecule has 6 nitrogen and oxygen atoms in total. The van der Waals surface area contributed by atoms with Gasteiger partial charge in [0.05, 0.1) is 19.2 Å². The van der Waals surface area contributed by atoms with Crippen LogP contribution in [0.25, 0.3) is 0 Å². The number of amides is 1. The first-order chi connectivity index (χ1) is 9.40. The molecule has 3 N–H and O–H groups in total. The Hall–Kier alpha value is -2.24. The highest BCUT2D eigenvalue weighted by Crippen LogP contribution is 2.23. The number of likely N-dealkylation sites (N-methyl/N-ethyl adjacent to an activating group) is 1. The number of nitrogen functional groups attached to an aromatic ring is 1. The molecule has 1 aromatic rings. The summed E-state index contributed by atoms with van der Waals surface area (Å²) in [5.74, 6) is -0.521. The average Bonchev–Trinajstić information content (AvgIpc) is 2.46. The van der Waals surface area contributed by atoms with Crippen LogP contribution in [0.5, 0.6) is 0 Å². The second kappa shape index (κ2) is 6.79. The first-order valence-electron chi connectivity index (χ1n) is 6.37. The van der Waals surface area contributed by atoms with E-state index in [0.29, 0.717) is 23.5 Å². The van der Waals surface area contributed by atoms with Crippen LogP contribution < -0.4 is 11.1 Å². The van der Waals surface area contributed by atoms with Gasteiger partial charge in [0.15, 0.2) is 0 Å².